The number of hydrogen-bond donors (Lipinski definition) is 2. The normalized spacial score (nSPS) is 17.5. The van der Waals surface area contributed by atoms with Crippen molar-refractivity contribution in [2.45, 2.75) is 37.9 Å². The first-order chi connectivity index (χ1) is 11.4. The minimum absolute atomic E-state index is 0. The van der Waals surface area contributed by atoms with Gasteiger partial charge in [0.15, 0.2) is 5.96 Å². The molecule has 0 bridgehead atoms. The van der Waals surface area contributed by atoms with Gasteiger partial charge in [0.1, 0.15) is 5.76 Å². The van der Waals surface area contributed by atoms with Crippen molar-refractivity contribution in [3.05, 3.63) is 24.2 Å². The Morgan fingerprint density at radius 2 is 2.29 bits per heavy atom. The van der Waals surface area contributed by atoms with E-state index in [9.17, 15) is 0 Å². The number of guanidine groups is 1. The molecule has 2 heterocycles. The molecule has 1 unspecified atom stereocenters. The van der Waals surface area contributed by atoms with Gasteiger partial charge >= 0.3 is 0 Å². The predicted molar refractivity (Wildman–Crippen MR) is 113 cm³/mol. The van der Waals surface area contributed by atoms with Crippen LogP contribution in [0.1, 0.15) is 31.9 Å². The van der Waals surface area contributed by atoms with Crippen LogP contribution in [0.25, 0.3) is 0 Å². The van der Waals surface area contributed by atoms with Crippen LogP contribution in [0.3, 0.4) is 0 Å². The Morgan fingerprint density at radius 3 is 3.00 bits per heavy atom. The Kier molecular flexibility index (Phi) is 12.5. The van der Waals surface area contributed by atoms with Crippen molar-refractivity contribution in [3.63, 3.8) is 0 Å². The van der Waals surface area contributed by atoms with Gasteiger partial charge in [0.2, 0.25) is 0 Å². The zero-order valence-corrected chi connectivity index (χ0v) is 17.6. The number of aliphatic imine (C=N–C) groups is 1. The van der Waals surface area contributed by atoms with Gasteiger partial charge in [-0.2, -0.15) is 11.8 Å². The van der Waals surface area contributed by atoms with Crippen LogP contribution >= 0.6 is 35.7 Å². The fourth-order valence-electron chi connectivity index (χ4n) is 2.44. The maximum absolute atomic E-state index is 5.37. The molecule has 2 rings (SSSR count). The second-order valence-electron chi connectivity index (χ2n) is 5.56. The minimum Gasteiger partial charge on any atom is -0.469 e. The van der Waals surface area contributed by atoms with Crippen LogP contribution in [0.2, 0.25) is 0 Å². The minimum atomic E-state index is 0. The number of rotatable bonds is 10. The Hall–Kier alpha value is -0.410. The van der Waals surface area contributed by atoms with E-state index in [-0.39, 0.29) is 24.0 Å². The fraction of sp³-hybridized carbons (Fsp3) is 0.706. The Bertz CT molecular complexity index is 437. The number of thioether (sulfide) groups is 1. The fourth-order valence-corrected chi connectivity index (χ4v) is 3.62. The van der Waals surface area contributed by atoms with Crippen LogP contribution in [-0.2, 0) is 11.2 Å². The summed E-state index contributed by atoms with van der Waals surface area (Å²) in [6.45, 7) is 6.19. The molecular formula is C17H30IN3O2S. The molecule has 1 fully saturated rings. The number of nitrogens with one attached hydrogen (secondary N) is 2. The molecule has 2 N–H and O–H groups in total. The van der Waals surface area contributed by atoms with Crippen LogP contribution < -0.4 is 10.6 Å². The summed E-state index contributed by atoms with van der Waals surface area (Å²) in [4.78, 5) is 4.74. The summed E-state index contributed by atoms with van der Waals surface area (Å²) in [5, 5.41) is 7.49. The summed E-state index contributed by atoms with van der Waals surface area (Å²) >= 11 is 2.04. The van der Waals surface area contributed by atoms with Crippen LogP contribution in [0.4, 0.5) is 0 Å². The smallest absolute Gasteiger partial charge is 0.191 e. The van der Waals surface area contributed by atoms with Gasteiger partial charge in [-0.1, -0.05) is 0 Å². The second-order valence-corrected chi connectivity index (χ2v) is 6.97. The van der Waals surface area contributed by atoms with Crippen molar-refractivity contribution in [2.24, 2.45) is 4.99 Å². The molecule has 1 atom stereocenters. The third-order valence-corrected chi connectivity index (χ3v) is 5.06. The first kappa shape index (κ1) is 21.6. The molecule has 0 amide bonds. The van der Waals surface area contributed by atoms with E-state index in [1.54, 1.807) is 6.26 Å². The topological polar surface area (TPSA) is 58.8 Å². The van der Waals surface area contributed by atoms with Crippen molar-refractivity contribution >= 4 is 41.7 Å². The van der Waals surface area contributed by atoms with Gasteiger partial charge in [0.05, 0.1) is 12.8 Å². The summed E-state index contributed by atoms with van der Waals surface area (Å²) < 4.78 is 10.7. The molecule has 0 radical (unpaired) electrons. The average Bonchev–Trinajstić information content (AvgIpc) is 3.25. The molecule has 0 aliphatic carbocycles. The standard InChI is InChI=1S/C17H29N3O2S.HI/c1-2-21-11-5-9-18-17(20-14-16-7-4-13-23-16)19-10-8-15-6-3-12-22-15;/h3,6,12,16H,2,4-5,7-11,13-14H2,1H3,(H2,18,19,20);1H. The van der Waals surface area contributed by atoms with Crippen molar-refractivity contribution in [2.75, 3.05) is 38.6 Å². The van der Waals surface area contributed by atoms with E-state index in [2.05, 4.69) is 10.6 Å². The van der Waals surface area contributed by atoms with Gasteiger partial charge in [-0.3, -0.25) is 4.99 Å². The highest BCUT2D eigenvalue weighted by molar-refractivity contribution is 14.0. The van der Waals surface area contributed by atoms with E-state index in [4.69, 9.17) is 14.1 Å². The molecule has 0 spiro atoms. The monoisotopic (exact) mass is 467 g/mol. The predicted octanol–water partition coefficient (Wildman–Crippen LogP) is 3.30. The highest BCUT2D eigenvalue weighted by Crippen LogP contribution is 2.25. The quantitative estimate of drug-likeness (QED) is 0.239. The number of nitrogens with zero attached hydrogens (tertiary/aromatic N) is 1. The summed E-state index contributed by atoms with van der Waals surface area (Å²) in [5.41, 5.74) is 0. The molecule has 138 valence electrons. The summed E-state index contributed by atoms with van der Waals surface area (Å²) in [5.74, 6) is 3.18. The lowest BCUT2D eigenvalue weighted by molar-refractivity contribution is 0.145. The number of halogens is 1. The lowest BCUT2D eigenvalue weighted by atomic mass is 10.2. The first-order valence-corrected chi connectivity index (χ1v) is 9.67. The third kappa shape index (κ3) is 9.17. The van der Waals surface area contributed by atoms with Gasteiger partial charge in [0.25, 0.3) is 0 Å². The highest BCUT2D eigenvalue weighted by Gasteiger charge is 2.15. The van der Waals surface area contributed by atoms with Gasteiger partial charge in [-0.05, 0) is 44.1 Å². The van der Waals surface area contributed by atoms with E-state index in [1.165, 1.54) is 18.6 Å². The van der Waals surface area contributed by atoms with E-state index in [0.717, 1.165) is 57.4 Å². The summed E-state index contributed by atoms with van der Waals surface area (Å²) in [6.07, 6.45) is 6.19. The molecule has 1 saturated heterocycles. The van der Waals surface area contributed by atoms with Crippen molar-refractivity contribution in [1.82, 2.24) is 10.6 Å². The van der Waals surface area contributed by atoms with Crippen molar-refractivity contribution < 1.29 is 9.15 Å². The highest BCUT2D eigenvalue weighted by atomic mass is 127. The van der Waals surface area contributed by atoms with Crippen molar-refractivity contribution in [1.29, 1.82) is 0 Å². The van der Waals surface area contributed by atoms with Gasteiger partial charge in [-0.15, -0.1) is 24.0 Å². The van der Waals surface area contributed by atoms with Crippen LogP contribution in [0.15, 0.2) is 27.8 Å². The Balaban J connectivity index is 0.00000288. The average molecular weight is 467 g/mol. The molecular weight excluding hydrogens is 437 g/mol. The lowest BCUT2D eigenvalue weighted by Gasteiger charge is -2.13. The lowest BCUT2D eigenvalue weighted by Crippen LogP contribution is -2.39. The van der Waals surface area contributed by atoms with Crippen LogP contribution in [-0.4, -0.2) is 49.8 Å². The largest absolute Gasteiger partial charge is 0.469 e. The number of hydrogen-bond acceptors (Lipinski definition) is 4. The summed E-state index contributed by atoms with van der Waals surface area (Å²) in [6, 6.07) is 3.93. The first-order valence-electron chi connectivity index (χ1n) is 8.62. The van der Waals surface area contributed by atoms with E-state index >= 15 is 0 Å². The SMILES string of the molecule is CCOCCCNC(=NCC1CCCS1)NCCc1ccco1.I. The zero-order chi connectivity index (χ0) is 16.2. The second kappa shape index (κ2) is 13.8. The number of ether oxygens (including phenoxy) is 1. The zero-order valence-electron chi connectivity index (χ0n) is 14.5. The van der Waals surface area contributed by atoms with E-state index < -0.39 is 0 Å². The van der Waals surface area contributed by atoms with Crippen LogP contribution in [0.5, 0.6) is 0 Å². The molecule has 0 saturated carbocycles. The molecule has 7 heteroatoms. The van der Waals surface area contributed by atoms with Gasteiger partial charge in [-0.25, -0.2) is 0 Å². The molecule has 24 heavy (non-hydrogen) atoms. The molecule has 0 aromatic carbocycles. The third-order valence-electron chi connectivity index (χ3n) is 3.68. The molecule has 1 aromatic heterocycles. The maximum atomic E-state index is 5.37. The number of furan rings is 1. The van der Waals surface area contributed by atoms with Crippen LogP contribution in [0, 0.1) is 0 Å². The molecule has 1 aromatic rings. The Labute approximate surface area is 166 Å². The Morgan fingerprint density at radius 1 is 1.42 bits per heavy atom. The molecule has 1 aliphatic heterocycles. The van der Waals surface area contributed by atoms with E-state index in [0.29, 0.717) is 5.25 Å². The van der Waals surface area contributed by atoms with E-state index in [1.807, 2.05) is 30.8 Å². The van der Waals surface area contributed by atoms with Crippen molar-refractivity contribution in [3.8, 4) is 0 Å². The van der Waals surface area contributed by atoms with Gasteiger partial charge in [0, 0.05) is 38.0 Å². The molecule has 5 nitrogen and oxygen atoms in total. The summed E-state index contributed by atoms with van der Waals surface area (Å²) in [7, 11) is 0. The maximum Gasteiger partial charge on any atom is 0.191 e. The van der Waals surface area contributed by atoms with Gasteiger partial charge < -0.3 is 19.8 Å². The molecule has 1 aliphatic rings.